The predicted molar refractivity (Wildman–Crippen MR) is 68.7 cm³/mol. The van der Waals surface area contributed by atoms with E-state index >= 15 is 0 Å². The average Bonchev–Trinajstić information content (AvgIpc) is 2.25. The van der Waals surface area contributed by atoms with Gasteiger partial charge in [0.2, 0.25) is 11.8 Å². The summed E-state index contributed by atoms with van der Waals surface area (Å²) >= 11 is 0. The third kappa shape index (κ3) is 3.70. The topological polar surface area (TPSA) is 75.4 Å². The summed E-state index contributed by atoms with van der Waals surface area (Å²) in [6.45, 7) is 2.97. The summed E-state index contributed by atoms with van der Waals surface area (Å²) in [5.74, 6) is 0.811. The van der Waals surface area contributed by atoms with Crippen LogP contribution < -0.4 is 11.1 Å². The normalized spacial score (nSPS) is 22.4. The molecule has 1 saturated heterocycles. The first-order valence-corrected chi connectivity index (χ1v) is 6.93. The van der Waals surface area contributed by atoms with Gasteiger partial charge in [0, 0.05) is 12.5 Å². The molecule has 18 heavy (non-hydrogen) atoms. The van der Waals surface area contributed by atoms with Crippen LogP contribution in [0.4, 0.5) is 0 Å². The highest BCUT2D eigenvalue weighted by Crippen LogP contribution is 2.26. The Kier molecular flexibility index (Phi) is 4.58. The molecular weight excluding hydrogens is 230 g/mol. The lowest BCUT2D eigenvalue weighted by Crippen LogP contribution is -2.43. The van der Waals surface area contributed by atoms with E-state index in [1.54, 1.807) is 0 Å². The SMILES string of the molecule is NC(=O)CN1CCC(CNC(=O)C2CCC2)CC1. The highest BCUT2D eigenvalue weighted by Gasteiger charge is 2.26. The molecule has 5 heteroatoms. The van der Waals surface area contributed by atoms with Gasteiger partial charge in [-0.3, -0.25) is 14.5 Å². The van der Waals surface area contributed by atoms with Gasteiger partial charge in [0.1, 0.15) is 0 Å². The van der Waals surface area contributed by atoms with Gasteiger partial charge in [0.25, 0.3) is 0 Å². The maximum Gasteiger partial charge on any atom is 0.231 e. The van der Waals surface area contributed by atoms with Crippen molar-refractivity contribution in [1.29, 1.82) is 0 Å². The van der Waals surface area contributed by atoms with Gasteiger partial charge in [0.05, 0.1) is 6.54 Å². The van der Waals surface area contributed by atoms with E-state index in [-0.39, 0.29) is 17.7 Å². The zero-order valence-electron chi connectivity index (χ0n) is 10.9. The summed E-state index contributed by atoms with van der Waals surface area (Å²) < 4.78 is 0. The molecule has 1 saturated carbocycles. The lowest BCUT2D eigenvalue weighted by Gasteiger charge is -2.32. The van der Waals surface area contributed by atoms with Crippen molar-refractivity contribution in [2.24, 2.45) is 17.6 Å². The van der Waals surface area contributed by atoms with Crippen LogP contribution in [0.25, 0.3) is 0 Å². The molecule has 1 heterocycles. The number of nitrogens with two attached hydrogens (primary N) is 1. The minimum absolute atomic E-state index is 0.237. The van der Waals surface area contributed by atoms with E-state index in [0.29, 0.717) is 12.5 Å². The van der Waals surface area contributed by atoms with E-state index in [4.69, 9.17) is 5.73 Å². The Hall–Kier alpha value is -1.10. The summed E-state index contributed by atoms with van der Waals surface area (Å²) in [6, 6.07) is 0. The van der Waals surface area contributed by atoms with E-state index < -0.39 is 0 Å². The smallest absolute Gasteiger partial charge is 0.231 e. The van der Waals surface area contributed by atoms with Crippen LogP contribution >= 0.6 is 0 Å². The second-order valence-corrected chi connectivity index (χ2v) is 5.56. The molecule has 2 rings (SSSR count). The maximum atomic E-state index is 11.7. The third-order valence-electron chi connectivity index (χ3n) is 4.13. The van der Waals surface area contributed by atoms with Crippen molar-refractivity contribution in [3.05, 3.63) is 0 Å². The average molecular weight is 253 g/mol. The number of piperidine rings is 1. The maximum absolute atomic E-state index is 11.7. The minimum atomic E-state index is -0.258. The molecule has 0 bridgehead atoms. The van der Waals surface area contributed by atoms with Crippen molar-refractivity contribution in [2.75, 3.05) is 26.2 Å². The molecule has 0 aromatic heterocycles. The van der Waals surface area contributed by atoms with E-state index in [0.717, 1.165) is 45.3 Å². The van der Waals surface area contributed by atoms with Crippen molar-refractivity contribution in [3.8, 4) is 0 Å². The fraction of sp³-hybridized carbons (Fsp3) is 0.846. The van der Waals surface area contributed by atoms with Gasteiger partial charge < -0.3 is 11.1 Å². The molecule has 1 aliphatic carbocycles. The number of likely N-dealkylation sites (tertiary alicyclic amines) is 1. The Labute approximate surface area is 108 Å². The molecule has 2 fully saturated rings. The summed E-state index contributed by atoms with van der Waals surface area (Å²) in [6.07, 6.45) is 5.39. The fourth-order valence-electron chi connectivity index (χ4n) is 2.63. The summed E-state index contributed by atoms with van der Waals surface area (Å²) in [5, 5.41) is 3.06. The first-order valence-electron chi connectivity index (χ1n) is 6.93. The van der Waals surface area contributed by atoms with Crippen LogP contribution in [-0.2, 0) is 9.59 Å². The molecule has 0 radical (unpaired) electrons. The van der Waals surface area contributed by atoms with Crippen molar-refractivity contribution in [2.45, 2.75) is 32.1 Å². The van der Waals surface area contributed by atoms with Crippen molar-refractivity contribution in [1.82, 2.24) is 10.2 Å². The van der Waals surface area contributed by atoms with Crippen LogP contribution in [0.1, 0.15) is 32.1 Å². The second-order valence-electron chi connectivity index (χ2n) is 5.56. The van der Waals surface area contributed by atoms with E-state index in [1.165, 1.54) is 6.42 Å². The Bertz CT molecular complexity index is 307. The molecule has 0 aromatic rings. The highest BCUT2D eigenvalue weighted by atomic mass is 16.2. The van der Waals surface area contributed by atoms with Gasteiger partial charge >= 0.3 is 0 Å². The fourth-order valence-corrected chi connectivity index (χ4v) is 2.63. The summed E-state index contributed by atoms with van der Waals surface area (Å²) in [7, 11) is 0. The number of amides is 2. The zero-order valence-corrected chi connectivity index (χ0v) is 10.9. The van der Waals surface area contributed by atoms with Crippen LogP contribution in [0.3, 0.4) is 0 Å². The van der Waals surface area contributed by atoms with Crippen LogP contribution in [0, 0.1) is 11.8 Å². The standard InChI is InChI=1S/C13H23N3O2/c14-12(17)9-16-6-4-10(5-7-16)8-15-13(18)11-2-1-3-11/h10-11H,1-9H2,(H2,14,17)(H,15,18). The number of hydrogen-bond acceptors (Lipinski definition) is 3. The van der Waals surface area contributed by atoms with Gasteiger partial charge in [-0.25, -0.2) is 0 Å². The molecule has 0 unspecified atom stereocenters. The first-order chi connectivity index (χ1) is 8.65. The molecule has 0 aromatic carbocycles. The van der Waals surface area contributed by atoms with Crippen molar-refractivity contribution < 1.29 is 9.59 Å². The number of primary amides is 1. The minimum Gasteiger partial charge on any atom is -0.369 e. The van der Waals surface area contributed by atoms with E-state index in [9.17, 15) is 9.59 Å². The molecule has 1 aliphatic heterocycles. The number of hydrogen-bond donors (Lipinski definition) is 2. The van der Waals surface area contributed by atoms with Crippen molar-refractivity contribution >= 4 is 11.8 Å². The number of rotatable bonds is 5. The Morgan fingerprint density at radius 1 is 1.17 bits per heavy atom. The largest absolute Gasteiger partial charge is 0.369 e. The second kappa shape index (κ2) is 6.18. The van der Waals surface area contributed by atoms with Gasteiger partial charge in [-0.05, 0) is 44.7 Å². The first kappa shape index (κ1) is 13.3. The van der Waals surface area contributed by atoms with E-state index in [2.05, 4.69) is 10.2 Å². The zero-order chi connectivity index (χ0) is 13.0. The van der Waals surface area contributed by atoms with Crippen LogP contribution in [0.5, 0.6) is 0 Å². The lowest BCUT2D eigenvalue weighted by molar-refractivity contribution is -0.127. The summed E-state index contributed by atoms with van der Waals surface area (Å²) in [4.78, 5) is 24.6. The molecule has 2 amide bonds. The van der Waals surface area contributed by atoms with Crippen LogP contribution in [-0.4, -0.2) is 42.9 Å². The molecule has 102 valence electrons. The number of carbonyl (C=O) groups is 2. The Morgan fingerprint density at radius 2 is 1.83 bits per heavy atom. The molecule has 5 nitrogen and oxygen atoms in total. The van der Waals surface area contributed by atoms with Gasteiger partial charge in [-0.1, -0.05) is 6.42 Å². The van der Waals surface area contributed by atoms with Crippen LogP contribution in [0.2, 0.25) is 0 Å². The number of nitrogens with zero attached hydrogens (tertiary/aromatic N) is 1. The molecule has 2 aliphatic rings. The number of carbonyl (C=O) groups excluding carboxylic acids is 2. The lowest BCUT2D eigenvalue weighted by atomic mass is 9.84. The third-order valence-corrected chi connectivity index (χ3v) is 4.13. The summed E-state index contributed by atoms with van der Waals surface area (Å²) in [5.41, 5.74) is 5.17. The highest BCUT2D eigenvalue weighted by molar-refractivity contribution is 5.79. The van der Waals surface area contributed by atoms with Gasteiger partial charge in [-0.15, -0.1) is 0 Å². The number of nitrogens with one attached hydrogen (secondary N) is 1. The monoisotopic (exact) mass is 253 g/mol. The van der Waals surface area contributed by atoms with Crippen LogP contribution in [0.15, 0.2) is 0 Å². The quantitative estimate of drug-likeness (QED) is 0.729. The van der Waals surface area contributed by atoms with E-state index in [1.807, 2.05) is 0 Å². The van der Waals surface area contributed by atoms with Crippen molar-refractivity contribution in [3.63, 3.8) is 0 Å². The Balaban J connectivity index is 1.61. The molecular formula is C13H23N3O2. The van der Waals surface area contributed by atoms with Gasteiger partial charge in [-0.2, -0.15) is 0 Å². The van der Waals surface area contributed by atoms with Gasteiger partial charge in [0.15, 0.2) is 0 Å². The molecule has 3 N–H and O–H groups in total. The molecule has 0 atom stereocenters. The molecule has 0 spiro atoms. The predicted octanol–water partition coefficient (Wildman–Crippen LogP) is 0.1000. The Morgan fingerprint density at radius 3 is 2.33 bits per heavy atom.